The highest BCUT2D eigenvalue weighted by Crippen LogP contribution is 2.36. The van der Waals surface area contributed by atoms with Crippen LogP contribution in [0.25, 0.3) is 0 Å². The zero-order chi connectivity index (χ0) is 7.84. The summed E-state index contributed by atoms with van der Waals surface area (Å²) in [6.45, 7) is 0. The van der Waals surface area contributed by atoms with E-state index in [9.17, 15) is 4.79 Å². The number of epoxide rings is 1. The summed E-state index contributed by atoms with van der Waals surface area (Å²) in [4.78, 5) is 10.2. The van der Waals surface area contributed by atoms with E-state index in [1.165, 1.54) is 0 Å². The van der Waals surface area contributed by atoms with Gasteiger partial charge in [0.1, 0.15) is 0 Å². The van der Waals surface area contributed by atoms with Crippen molar-refractivity contribution in [2.24, 2.45) is 0 Å². The number of nitrogens with one attached hydrogen (secondary N) is 1. The third kappa shape index (κ3) is 1.45. The van der Waals surface area contributed by atoms with Gasteiger partial charge in [0.15, 0.2) is 0 Å². The Morgan fingerprint density at radius 3 is 2.91 bits per heavy atom. The van der Waals surface area contributed by atoms with Gasteiger partial charge in [-0.05, 0) is 19.3 Å². The van der Waals surface area contributed by atoms with E-state index in [2.05, 4.69) is 5.32 Å². The van der Waals surface area contributed by atoms with Gasteiger partial charge in [-0.1, -0.05) is 0 Å². The van der Waals surface area contributed by atoms with Crippen LogP contribution in [0.1, 0.15) is 19.3 Å². The number of rotatable bonds is 1. The summed E-state index contributed by atoms with van der Waals surface area (Å²) in [6, 6.07) is 0.122. The quantitative estimate of drug-likeness (QED) is 0.547. The Bertz CT molecular complexity index is 183. The van der Waals surface area contributed by atoms with Crippen LogP contribution in [0.5, 0.6) is 0 Å². The van der Waals surface area contributed by atoms with Gasteiger partial charge in [-0.2, -0.15) is 0 Å². The van der Waals surface area contributed by atoms with E-state index in [0.29, 0.717) is 12.2 Å². The zero-order valence-electron chi connectivity index (χ0n) is 6.12. The minimum atomic E-state index is -0.922. The van der Waals surface area contributed by atoms with E-state index in [0.717, 1.165) is 19.3 Å². The van der Waals surface area contributed by atoms with Crippen LogP contribution in [-0.4, -0.2) is 29.4 Å². The molecule has 1 aliphatic carbocycles. The molecule has 2 fully saturated rings. The highest BCUT2D eigenvalue weighted by molar-refractivity contribution is 5.64. The minimum absolute atomic E-state index is 0.122. The molecular weight excluding hydrogens is 146 g/mol. The van der Waals surface area contributed by atoms with Crippen LogP contribution in [0.2, 0.25) is 0 Å². The maximum atomic E-state index is 10.2. The van der Waals surface area contributed by atoms with Gasteiger partial charge in [0.25, 0.3) is 0 Å². The summed E-state index contributed by atoms with van der Waals surface area (Å²) in [6.07, 6.45) is 2.66. The molecule has 1 amide bonds. The Labute approximate surface area is 64.5 Å². The fraction of sp³-hybridized carbons (Fsp3) is 0.857. The first-order valence-electron chi connectivity index (χ1n) is 3.90. The van der Waals surface area contributed by atoms with Gasteiger partial charge in [0.05, 0.1) is 12.2 Å². The van der Waals surface area contributed by atoms with Crippen molar-refractivity contribution in [3.63, 3.8) is 0 Å². The van der Waals surface area contributed by atoms with Gasteiger partial charge < -0.3 is 15.2 Å². The van der Waals surface area contributed by atoms with E-state index in [-0.39, 0.29) is 6.04 Å². The molecule has 2 N–H and O–H groups in total. The second-order valence-electron chi connectivity index (χ2n) is 3.17. The first-order chi connectivity index (χ1) is 5.25. The van der Waals surface area contributed by atoms with Crippen molar-refractivity contribution in [2.45, 2.75) is 37.5 Å². The number of carboxylic acid groups (broad SMARTS) is 1. The lowest BCUT2D eigenvalue weighted by Crippen LogP contribution is -2.37. The molecule has 1 saturated heterocycles. The average molecular weight is 157 g/mol. The van der Waals surface area contributed by atoms with Gasteiger partial charge in [-0.25, -0.2) is 4.79 Å². The van der Waals surface area contributed by atoms with Crippen LogP contribution in [0.3, 0.4) is 0 Å². The van der Waals surface area contributed by atoms with Crippen molar-refractivity contribution in [1.29, 1.82) is 0 Å². The van der Waals surface area contributed by atoms with E-state index in [1.807, 2.05) is 0 Å². The topological polar surface area (TPSA) is 61.9 Å². The fourth-order valence-electron chi connectivity index (χ4n) is 1.71. The molecule has 0 spiro atoms. The van der Waals surface area contributed by atoms with Crippen molar-refractivity contribution < 1.29 is 14.6 Å². The molecule has 0 bridgehead atoms. The molecule has 4 nitrogen and oxygen atoms in total. The standard InChI is InChI=1S/C7H11NO3/c9-7(10)8-4-1-2-5-6(3-4)11-5/h4-6,8H,1-3H2,(H,9,10)/t4-,5-,6-/m1/s1. The summed E-state index contributed by atoms with van der Waals surface area (Å²) in [7, 11) is 0. The highest BCUT2D eigenvalue weighted by atomic mass is 16.6. The molecule has 11 heavy (non-hydrogen) atoms. The lowest BCUT2D eigenvalue weighted by Gasteiger charge is -2.17. The van der Waals surface area contributed by atoms with Gasteiger partial charge in [0.2, 0.25) is 0 Å². The summed E-state index contributed by atoms with van der Waals surface area (Å²) >= 11 is 0. The second-order valence-corrected chi connectivity index (χ2v) is 3.17. The number of amides is 1. The van der Waals surface area contributed by atoms with Crippen LogP contribution in [0, 0.1) is 0 Å². The SMILES string of the molecule is O=C(O)N[C@@H]1CC[C@H]2O[C@@H]2C1. The Morgan fingerprint density at radius 1 is 1.45 bits per heavy atom. The van der Waals surface area contributed by atoms with Crippen LogP contribution >= 0.6 is 0 Å². The lowest BCUT2D eigenvalue weighted by molar-refractivity contribution is 0.187. The van der Waals surface area contributed by atoms with E-state index in [1.54, 1.807) is 0 Å². The predicted molar refractivity (Wildman–Crippen MR) is 37.5 cm³/mol. The summed E-state index contributed by atoms with van der Waals surface area (Å²) < 4.78 is 5.26. The zero-order valence-corrected chi connectivity index (χ0v) is 6.12. The van der Waals surface area contributed by atoms with Crippen molar-refractivity contribution in [2.75, 3.05) is 0 Å². The molecule has 2 aliphatic rings. The molecule has 2 rings (SSSR count). The number of hydrogen-bond acceptors (Lipinski definition) is 2. The Morgan fingerprint density at radius 2 is 2.27 bits per heavy atom. The number of hydrogen-bond donors (Lipinski definition) is 2. The smallest absolute Gasteiger partial charge is 0.404 e. The maximum absolute atomic E-state index is 10.2. The number of carbonyl (C=O) groups is 1. The maximum Gasteiger partial charge on any atom is 0.404 e. The molecule has 0 aromatic rings. The largest absolute Gasteiger partial charge is 0.465 e. The molecule has 1 aliphatic heterocycles. The van der Waals surface area contributed by atoms with E-state index < -0.39 is 6.09 Å². The van der Waals surface area contributed by atoms with Crippen LogP contribution < -0.4 is 5.32 Å². The van der Waals surface area contributed by atoms with Crippen molar-refractivity contribution in [3.8, 4) is 0 Å². The Kier molecular flexibility index (Phi) is 1.49. The molecule has 1 saturated carbocycles. The predicted octanol–water partition coefficient (Wildman–Crippen LogP) is 0.574. The Hall–Kier alpha value is -0.770. The van der Waals surface area contributed by atoms with Gasteiger partial charge in [-0.15, -0.1) is 0 Å². The summed E-state index contributed by atoms with van der Waals surface area (Å²) in [5.41, 5.74) is 0. The van der Waals surface area contributed by atoms with Gasteiger partial charge in [0, 0.05) is 6.04 Å². The fourth-order valence-corrected chi connectivity index (χ4v) is 1.71. The molecule has 1 heterocycles. The molecule has 0 aromatic carbocycles. The minimum Gasteiger partial charge on any atom is -0.465 e. The van der Waals surface area contributed by atoms with Crippen LogP contribution in [-0.2, 0) is 4.74 Å². The van der Waals surface area contributed by atoms with Gasteiger partial charge >= 0.3 is 6.09 Å². The van der Waals surface area contributed by atoms with Crippen molar-refractivity contribution in [1.82, 2.24) is 5.32 Å². The molecule has 62 valence electrons. The molecule has 0 radical (unpaired) electrons. The lowest BCUT2D eigenvalue weighted by atomic mass is 9.96. The van der Waals surface area contributed by atoms with Crippen molar-refractivity contribution in [3.05, 3.63) is 0 Å². The molecular formula is C7H11NO3. The first-order valence-corrected chi connectivity index (χ1v) is 3.90. The van der Waals surface area contributed by atoms with Crippen molar-refractivity contribution >= 4 is 6.09 Å². The summed E-state index contributed by atoms with van der Waals surface area (Å²) in [5, 5.41) is 10.9. The normalized spacial score (nSPS) is 40.9. The number of ether oxygens (including phenoxy) is 1. The van der Waals surface area contributed by atoms with Crippen LogP contribution in [0.4, 0.5) is 4.79 Å². The monoisotopic (exact) mass is 157 g/mol. The second kappa shape index (κ2) is 2.37. The third-order valence-electron chi connectivity index (χ3n) is 2.33. The highest BCUT2D eigenvalue weighted by Gasteiger charge is 2.44. The van der Waals surface area contributed by atoms with E-state index >= 15 is 0 Å². The number of fused-ring (bicyclic) bond motifs is 1. The van der Waals surface area contributed by atoms with Gasteiger partial charge in [-0.3, -0.25) is 0 Å². The first kappa shape index (κ1) is 6.91. The average Bonchev–Trinajstić information content (AvgIpc) is 2.63. The molecule has 3 atom stereocenters. The summed E-state index contributed by atoms with van der Waals surface area (Å²) in [5.74, 6) is 0. The van der Waals surface area contributed by atoms with E-state index in [4.69, 9.17) is 9.84 Å². The molecule has 4 heteroatoms. The third-order valence-corrected chi connectivity index (χ3v) is 2.33. The van der Waals surface area contributed by atoms with Crippen LogP contribution in [0.15, 0.2) is 0 Å². The molecule has 0 unspecified atom stereocenters. The molecule has 0 aromatic heterocycles. The Balaban J connectivity index is 1.81.